The Kier molecular flexibility index (Phi) is 9.11. The Morgan fingerprint density at radius 2 is 1.93 bits per heavy atom. The van der Waals surface area contributed by atoms with E-state index in [9.17, 15) is 13.2 Å². The maximum atomic E-state index is 10.6. The van der Waals surface area contributed by atoms with Crippen LogP contribution in [0.5, 0.6) is 5.75 Å². The highest BCUT2D eigenvalue weighted by atomic mass is 35.5. The van der Waals surface area contributed by atoms with Gasteiger partial charge in [-0.05, 0) is 71.3 Å². The van der Waals surface area contributed by atoms with Crippen molar-refractivity contribution in [3.05, 3.63) is 71.3 Å². The van der Waals surface area contributed by atoms with Gasteiger partial charge in [0.2, 0.25) is 5.95 Å². The van der Waals surface area contributed by atoms with E-state index in [4.69, 9.17) is 26.2 Å². The van der Waals surface area contributed by atoms with Crippen LogP contribution in [0.4, 0.5) is 24.8 Å². The smallest absolute Gasteiger partial charge is 0.487 e. The molecule has 5 rings (SSSR count). The second-order valence-electron chi connectivity index (χ2n) is 8.74. The standard InChI is InChI=1S/C23H23ClN8O.C2HF3O2/c1-15(13-32-14-28-30-31-32)33-22-9-16(3-5-21(22)24)19-11-26-23(27-12-19)29-20-4-2-18-10-25-7-6-17(18)8-20;3-2(4,5)1(6)7/h2-5,8-9,11-12,14-15,25H,6-7,10,13H2,1H3,(H,26,27,29);(H,6,7)/t15-;/m0./s1. The third-order valence-electron chi connectivity index (χ3n) is 5.67. The molecule has 0 saturated carbocycles. The zero-order chi connectivity index (χ0) is 28.7. The zero-order valence-corrected chi connectivity index (χ0v) is 21.8. The topological polar surface area (TPSA) is 140 Å². The summed E-state index contributed by atoms with van der Waals surface area (Å²) in [5.41, 5.74) is 5.47. The lowest BCUT2D eigenvalue weighted by molar-refractivity contribution is -0.192. The van der Waals surface area contributed by atoms with Crippen molar-refractivity contribution in [3.8, 4) is 16.9 Å². The Bertz CT molecular complexity index is 1440. The largest absolute Gasteiger partial charge is 0.490 e. The number of ether oxygens (including phenoxy) is 1. The first-order chi connectivity index (χ1) is 19.1. The number of halogens is 4. The van der Waals surface area contributed by atoms with Crippen LogP contribution in [-0.4, -0.2) is 60.1 Å². The number of nitrogens with zero attached hydrogens (tertiary/aromatic N) is 6. The number of fused-ring (bicyclic) bond motifs is 1. The maximum Gasteiger partial charge on any atom is 0.490 e. The van der Waals surface area contributed by atoms with E-state index < -0.39 is 12.1 Å². The summed E-state index contributed by atoms with van der Waals surface area (Å²) in [5.74, 6) is -1.62. The molecule has 0 fully saturated rings. The zero-order valence-electron chi connectivity index (χ0n) is 21.1. The van der Waals surface area contributed by atoms with E-state index in [1.54, 1.807) is 23.4 Å². The highest BCUT2D eigenvalue weighted by Gasteiger charge is 2.38. The van der Waals surface area contributed by atoms with Gasteiger partial charge >= 0.3 is 12.1 Å². The number of nitrogens with one attached hydrogen (secondary N) is 2. The molecule has 11 nitrogen and oxygen atoms in total. The number of hydrogen-bond donors (Lipinski definition) is 3. The third-order valence-corrected chi connectivity index (χ3v) is 5.98. The summed E-state index contributed by atoms with van der Waals surface area (Å²) < 4.78 is 39.4. The minimum absolute atomic E-state index is 0.170. The van der Waals surface area contributed by atoms with Crippen molar-refractivity contribution >= 4 is 29.2 Å². The summed E-state index contributed by atoms with van der Waals surface area (Å²) >= 11 is 6.36. The Balaban J connectivity index is 0.000000470. The first kappa shape index (κ1) is 28.7. The fourth-order valence-corrected chi connectivity index (χ4v) is 3.94. The summed E-state index contributed by atoms with van der Waals surface area (Å²) in [6, 6.07) is 12.0. The summed E-state index contributed by atoms with van der Waals surface area (Å²) in [4.78, 5) is 17.9. The number of benzene rings is 2. The molecule has 0 amide bonds. The molecule has 0 spiro atoms. The van der Waals surface area contributed by atoms with Crippen LogP contribution in [0, 0.1) is 0 Å². The van der Waals surface area contributed by atoms with E-state index in [2.05, 4.69) is 54.3 Å². The molecule has 1 aliphatic rings. The molecule has 1 atom stereocenters. The number of rotatable bonds is 7. The molecule has 40 heavy (non-hydrogen) atoms. The molecule has 2 aromatic heterocycles. The second-order valence-corrected chi connectivity index (χ2v) is 9.15. The first-order valence-electron chi connectivity index (χ1n) is 12.0. The Morgan fingerprint density at radius 1 is 1.18 bits per heavy atom. The minimum Gasteiger partial charge on any atom is -0.487 e. The van der Waals surface area contributed by atoms with Gasteiger partial charge in [-0.2, -0.15) is 13.2 Å². The number of hydrogen-bond acceptors (Lipinski definition) is 9. The number of tetrazole rings is 1. The predicted molar refractivity (Wildman–Crippen MR) is 139 cm³/mol. The molecular formula is C25H24ClF3N8O3. The van der Waals surface area contributed by atoms with Crippen molar-refractivity contribution in [2.45, 2.75) is 38.7 Å². The number of alkyl halides is 3. The SMILES string of the molecule is C[C@@H](Cn1cnnn1)Oc1cc(-c2cnc(Nc3ccc4c(c3)CCNC4)nc2)ccc1Cl.O=C(O)C(F)(F)F. The van der Waals surface area contributed by atoms with Gasteiger partial charge in [0.25, 0.3) is 0 Å². The van der Waals surface area contributed by atoms with Crippen molar-refractivity contribution in [2.24, 2.45) is 0 Å². The second kappa shape index (κ2) is 12.7. The molecule has 0 unspecified atom stereocenters. The van der Waals surface area contributed by atoms with Gasteiger partial charge in [0.05, 0.1) is 11.6 Å². The van der Waals surface area contributed by atoms with E-state index in [1.165, 1.54) is 11.1 Å². The van der Waals surface area contributed by atoms with Crippen molar-refractivity contribution in [2.75, 3.05) is 11.9 Å². The first-order valence-corrected chi connectivity index (χ1v) is 12.4. The molecule has 3 heterocycles. The van der Waals surface area contributed by atoms with Gasteiger partial charge in [0.1, 0.15) is 18.2 Å². The van der Waals surface area contributed by atoms with Crippen LogP contribution in [0.3, 0.4) is 0 Å². The fraction of sp³-hybridized carbons (Fsp3) is 0.280. The number of carboxylic acids is 1. The molecule has 0 bridgehead atoms. The van der Waals surface area contributed by atoms with E-state index in [-0.39, 0.29) is 6.10 Å². The van der Waals surface area contributed by atoms with Crippen molar-refractivity contribution in [1.82, 2.24) is 35.5 Å². The summed E-state index contributed by atoms with van der Waals surface area (Å²) in [7, 11) is 0. The Labute approximate surface area is 231 Å². The van der Waals surface area contributed by atoms with Crippen LogP contribution in [0.25, 0.3) is 11.1 Å². The molecule has 2 aromatic carbocycles. The van der Waals surface area contributed by atoms with Crippen molar-refractivity contribution < 1.29 is 27.8 Å². The number of aromatic nitrogens is 6. The molecule has 4 aromatic rings. The number of aliphatic carboxylic acids is 1. The van der Waals surface area contributed by atoms with E-state index in [0.717, 1.165) is 36.3 Å². The lowest BCUT2D eigenvalue weighted by Crippen LogP contribution is -2.23. The van der Waals surface area contributed by atoms with Crippen LogP contribution in [0.1, 0.15) is 18.1 Å². The molecule has 3 N–H and O–H groups in total. The lowest BCUT2D eigenvalue weighted by atomic mass is 10.0. The highest BCUT2D eigenvalue weighted by molar-refractivity contribution is 6.32. The normalized spacial score (nSPS) is 13.4. The summed E-state index contributed by atoms with van der Waals surface area (Å²) in [5, 5.41) is 25.5. The summed E-state index contributed by atoms with van der Waals surface area (Å²) in [6.07, 6.45) is 0.896. The van der Waals surface area contributed by atoms with E-state index in [0.29, 0.717) is 23.3 Å². The van der Waals surface area contributed by atoms with Crippen LogP contribution >= 0.6 is 11.6 Å². The van der Waals surface area contributed by atoms with E-state index >= 15 is 0 Å². The molecule has 210 valence electrons. The molecule has 1 aliphatic heterocycles. The van der Waals surface area contributed by atoms with Crippen molar-refractivity contribution in [1.29, 1.82) is 0 Å². The molecule has 0 saturated heterocycles. The van der Waals surface area contributed by atoms with Gasteiger partial charge in [0, 0.05) is 30.2 Å². The minimum atomic E-state index is -5.08. The van der Waals surface area contributed by atoms with Gasteiger partial charge in [0.15, 0.2) is 0 Å². The number of anilines is 2. The average molecular weight is 577 g/mol. The van der Waals surface area contributed by atoms with Crippen LogP contribution in [0.2, 0.25) is 5.02 Å². The van der Waals surface area contributed by atoms with Gasteiger partial charge in [-0.3, -0.25) is 0 Å². The maximum absolute atomic E-state index is 10.6. The highest BCUT2D eigenvalue weighted by Crippen LogP contribution is 2.31. The monoisotopic (exact) mass is 576 g/mol. The van der Waals surface area contributed by atoms with Crippen LogP contribution in [0.15, 0.2) is 55.1 Å². The average Bonchev–Trinajstić information content (AvgIpc) is 3.43. The van der Waals surface area contributed by atoms with Gasteiger partial charge < -0.3 is 20.5 Å². The van der Waals surface area contributed by atoms with E-state index in [1.807, 2.05) is 25.1 Å². The molecular weight excluding hydrogens is 553 g/mol. The quantitative estimate of drug-likeness (QED) is 0.292. The molecule has 15 heteroatoms. The third kappa shape index (κ3) is 7.86. The predicted octanol–water partition coefficient (Wildman–Crippen LogP) is 4.27. The summed E-state index contributed by atoms with van der Waals surface area (Å²) in [6.45, 7) is 4.37. The fourth-order valence-electron chi connectivity index (χ4n) is 3.78. The Hall–Kier alpha value is -4.30. The van der Waals surface area contributed by atoms with Crippen molar-refractivity contribution in [3.63, 3.8) is 0 Å². The molecule has 0 aliphatic carbocycles. The van der Waals surface area contributed by atoms with Gasteiger partial charge in [-0.25, -0.2) is 19.4 Å². The number of carboxylic acid groups (broad SMARTS) is 1. The Morgan fingerprint density at radius 3 is 2.60 bits per heavy atom. The van der Waals surface area contributed by atoms with Gasteiger partial charge in [-0.1, -0.05) is 23.7 Å². The number of carbonyl (C=O) groups is 1. The molecule has 0 radical (unpaired) electrons. The van der Waals surface area contributed by atoms with Gasteiger partial charge in [-0.15, -0.1) is 5.10 Å². The lowest BCUT2D eigenvalue weighted by Gasteiger charge is -2.18. The van der Waals surface area contributed by atoms with Crippen LogP contribution < -0.4 is 15.4 Å². The van der Waals surface area contributed by atoms with Crippen LogP contribution in [-0.2, 0) is 24.3 Å².